The van der Waals surface area contributed by atoms with Crippen LogP contribution < -0.4 is 20.4 Å². The number of nitrogens with one attached hydrogen (secondary N) is 2. The van der Waals surface area contributed by atoms with Gasteiger partial charge in [0.1, 0.15) is 17.2 Å². The first-order chi connectivity index (χ1) is 18.0. The Kier molecular flexibility index (Phi) is 7.37. The van der Waals surface area contributed by atoms with Crippen LogP contribution in [0.4, 0.5) is 46.5 Å². The molecule has 0 radical (unpaired) electrons. The lowest BCUT2D eigenvalue weighted by atomic mass is 10.1. The number of carbonyl (C=O) groups is 1. The molecule has 196 valence electrons. The minimum absolute atomic E-state index is 0.0702. The summed E-state index contributed by atoms with van der Waals surface area (Å²) in [5.74, 6) is -15.6. The van der Waals surface area contributed by atoms with E-state index in [0.717, 1.165) is 0 Å². The maximum atomic E-state index is 13.8. The lowest BCUT2D eigenvalue weighted by molar-refractivity contribution is 0.102. The molecule has 4 aromatic carbocycles. The molecule has 0 spiro atoms. The normalized spacial score (nSPS) is 10.7. The van der Waals surface area contributed by atoms with Gasteiger partial charge in [0, 0.05) is 11.8 Å². The average Bonchev–Trinajstić information content (AvgIpc) is 2.91. The Bertz CT molecular complexity index is 1510. The number of benzene rings is 4. The predicted octanol–water partition coefficient (Wildman–Crippen LogP) is 7.25. The van der Waals surface area contributed by atoms with E-state index < -0.39 is 63.7 Å². The summed E-state index contributed by atoms with van der Waals surface area (Å²) in [7, 11) is 0. The highest BCUT2D eigenvalue weighted by Gasteiger charge is 2.23. The Labute approximate surface area is 208 Å². The minimum atomic E-state index is -2.11. The minimum Gasteiger partial charge on any atom is -0.457 e. The van der Waals surface area contributed by atoms with Crippen molar-refractivity contribution in [2.24, 2.45) is 0 Å². The molecule has 0 unspecified atom stereocenters. The zero-order chi connectivity index (χ0) is 27.6. The fraction of sp³-hybridized carbons (Fsp3) is 0. The van der Waals surface area contributed by atoms with Crippen LogP contribution in [-0.4, -0.2) is 5.91 Å². The van der Waals surface area contributed by atoms with Gasteiger partial charge in [0.15, 0.2) is 52.3 Å². The number of amides is 1. The van der Waals surface area contributed by atoms with Crippen LogP contribution in [0.25, 0.3) is 0 Å². The van der Waals surface area contributed by atoms with Crippen molar-refractivity contribution in [1.29, 1.82) is 0 Å². The summed E-state index contributed by atoms with van der Waals surface area (Å²) in [6, 6.07) is 11.6. The number of anilines is 2. The van der Waals surface area contributed by atoms with E-state index in [1.165, 1.54) is 48.5 Å². The van der Waals surface area contributed by atoms with Gasteiger partial charge in [-0.15, -0.1) is 0 Å². The molecule has 0 aliphatic rings. The van der Waals surface area contributed by atoms with Crippen molar-refractivity contribution < 1.29 is 49.5 Å². The summed E-state index contributed by atoms with van der Waals surface area (Å²) in [4.78, 5) is 17.2. The monoisotopic (exact) mass is 540 g/mol. The number of ether oxygens (including phenoxy) is 1. The Morgan fingerprint density at radius 3 is 1.68 bits per heavy atom. The van der Waals surface area contributed by atoms with E-state index in [1.807, 2.05) is 5.48 Å². The van der Waals surface area contributed by atoms with Crippen molar-refractivity contribution in [1.82, 2.24) is 0 Å². The smallest absolute Gasteiger partial charge is 0.258 e. The van der Waals surface area contributed by atoms with E-state index in [9.17, 15) is 39.9 Å². The second kappa shape index (κ2) is 10.7. The molecule has 4 aromatic rings. The summed E-state index contributed by atoms with van der Waals surface area (Å²) in [6.45, 7) is 0. The molecule has 2 N–H and O–H groups in total. The quantitative estimate of drug-likeness (QED) is 0.112. The van der Waals surface area contributed by atoms with Gasteiger partial charge in [-0.25, -0.2) is 40.6 Å². The second-order valence-electron chi connectivity index (χ2n) is 7.45. The van der Waals surface area contributed by atoms with Crippen LogP contribution in [-0.2, 0) is 0 Å². The van der Waals surface area contributed by atoms with Gasteiger partial charge in [0.25, 0.3) is 5.91 Å². The van der Waals surface area contributed by atoms with E-state index in [1.54, 1.807) is 0 Å². The number of hydrogen-bond donors (Lipinski definition) is 2. The molecular formula is C25H12F8N2O3. The Morgan fingerprint density at radius 2 is 1.08 bits per heavy atom. The van der Waals surface area contributed by atoms with Crippen molar-refractivity contribution in [2.75, 3.05) is 10.8 Å². The summed E-state index contributed by atoms with van der Waals surface area (Å²) >= 11 is 0. The third-order valence-electron chi connectivity index (χ3n) is 4.90. The zero-order valence-corrected chi connectivity index (χ0v) is 18.5. The molecule has 0 aliphatic carbocycles. The summed E-state index contributed by atoms with van der Waals surface area (Å²) in [5, 5.41) is 2.20. The van der Waals surface area contributed by atoms with Gasteiger partial charge >= 0.3 is 0 Å². The number of carbonyl (C=O) groups excluding carboxylic acids is 1. The molecule has 0 atom stereocenters. The highest BCUT2D eigenvalue weighted by atomic mass is 19.2. The largest absolute Gasteiger partial charge is 0.457 e. The number of hydrogen-bond acceptors (Lipinski definition) is 4. The molecule has 1 amide bonds. The van der Waals surface area contributed by atoms with E-state index in [4.69, 9.17) is 9.57 Å². The van der Waals surface area contributed by atoms with Crippen molar-refractivity contribution in [2.45, 2.75) is 0 Å². The van der Waals surface area contributed by atoms with Crippen molar-refractivity contribution in [3.63, 3.8) is 0 Å². The summed E-state index contributed by atoms with van der Waals surface area (Å²) < 4.78 is 112. The third kappa shape index (κ3) is 5.45. The molecule has 0 bridgehead atoms. The molecule has 5 nitrogen and oxygen atoms in total. The highest BCUT2D eigenvalue weighted by Crippen LogP contribution is 2.27. The van der Waals surface area contributed by atoms with Gasteiger partial charge < -0.3 is 14.9 Å². The van der Waals surface area contributed by atoms with E-state index >= 15 is 0 Å². The van der Waals surface area contributed by atoms with Gasteiger partial charge in [0.05, 0.1) is 5.56 Å². The van der Waals surface area contributed by atoms with Crippen molar-refractivity contribution in [3.05, 3.63) is 113 Å². The number of halogens is 8. The molecule has 0 saturated heterocycles. The van der Waals surface area contributed by atoms with E-state index in [-0.39, 0.29) is 29.0 Å². The van der Waals surface area contributed by atoms with Gasteiger partial charge in [-0.1, -0.05) is 0 Å². The SMILES string of the molecule is O=C(Nc1ccc(Oc2ccc(ONc3cc(F)c(F)c(F)c3F)cc2)cc1)c1cc(F)c(F)c(F)c1F. The van der Waals surface area contributed by atoms with Crippen LogP contribution in [0.1, 0.15) is 10.4 Å². The van der Waals surface area contributed by atoms with Crippen LogP contribution in [0.2, 0.25) is 0 Å². The van der Waals surface area contributed by atoms with Crippen molar-refractivity contribution >= 4 is 17.3 Å². The van der Waals surface area contributed by atoms with Gasteiger partial charge in [-0.05, 0) is 54.6 Å². The van der Waals surface area contributed by atoms with Crippen molar-refractivity contribution in [3.8, 4) is 17.2 Å². The first-order valence-corrected chi connectivity index (χ1v) is 10.3. The van der Waals surface area contributed by atoms with Gasteiger partial charge in [-0.3, -0.25) is 4.79 Å². The Hall–Kier alpha value is -4.81. The Balaban J connectivity index is 1.36. The average molecular weight is 540 g/mol. The lowest BCUT2D eigenvalue weighted by Crippen LogP contribution is -2.16. The fourth-order valence-corrected chi connectivity index (χ4v) is 3.02. The summed E-state index contributed by atoms with van der Waals surface area (Å²) in [6.07, 6.45) is 0. The molecule has 0 aromatic heterocycles. The first kappa shape index (κ1) is 26.3. The molecule has 13 heteroatoms. The topological polar surface area (TPSA) is 59.6 Å². The maximum Gasteiger partial charge on any atom is 0.258 e. The van der Waals surface area contributed by atoms with Gasteiger partial charge in [0.2, 0.25) is 0 Å². The molecule has 0 aliphatic heterocycles. The first-order valence-electron chi connectivity index (χ1n) is 10.3. The third-order valence-corrected chi connectivity index (χ3v) is 4.90. The standard InChI is InChI=1S/C25H12F8N2O3/c26-16-9-15(19(28)23(32)20(16)29)25(36)34-11-1-3-12(4-2-11)37-13-5-7-14(8-6-13)38-35-18-10-17(27)21(30)24(33)22(18)31/h1-10,35H,(H,34,36). The number of rotatable bonds is 7. The zero-order valence-electron chi connectivity index (χ0n) is 18.5. The van der Waals surface area contributed by atoms with Crippen LogP contribution in [0.3, 0.4) is 0 Å². The molecule has 0 fully saturated rings. The predicted molar refractivity (Wildman–Crippen MR) is 118 cm³/mol. The van der Waals surface area contributed by atoms with Crippen LogP contribution >= 0.6 is 0 Å². The second-order valence-corrected chi connectivity index (χ2v) is 7.45. The maximum absolute atomic E-state index is 13.8. The molecule has 0 heterocycles. The highest BCUT2D eigenvalue weighted by molar-refractivity contribution is 6.04. The van der Waals surface area contributed by atoms with E-state index in [0.29, 0.717) is 6.07 Å². The van der Waals surface area contributed by atoms with Crippen LogP contribution in [0.5, 0.6) is 17.2 Å². The van der Waals surface area contributed by atoms with Crippen LogP contribution in [0, 0.1) is 46.5 Å². The summed E-state index contributed by atoms with van der Waals surface area (Å²) in [5.41, 5.74) is 0.269. The van der Waals surface area contributed by atoms with Crippen LogP contribution in [0.15, 0.2) is 60.7 Å². The molecule has 0 saturated carbocycles. The molecular weight excluding hydrogens is 528 g/mol. The fourth-order valence-electron chi connectivity index (χ4n) is 3.02. The van der Waals surface area contributed by atoms with E-state index in [2.05, 4.69) is 5.32 Å². The molecule has 38 heavy (non-hydrogen) atoms. The van der Waals surface area contributed by atoms with Gasteiger partial charge in [-0.2, -0.15) is 0 Å². The molecule has 4 rings (SSSR count). The lowest BCUT2D eigenvalue weighted by Gasteiger charge is -2.11. The Morgan fingerprint density at radius 1 is 0.579 bits per heavy atom.